The number of aromatic nitrogens is 3. The summed E-state index contributed by atoms with van der Waals surface area (Å²) in [6.45, 7) is 2.87. The van der Waals surface area contributed by atoms with Crippen LogP contribution in [0.25, 0.3) is 0 Å². The Labute approximate surface area is 213 Å². The number of benzene rings is 3. The Morgan fingerprint density at radius 2 is 1.91 bits per heavy atom. The SMILES string of the molecule is Cc1ccc(Br)cc1C(=O)N(Cc1ccc(F)cc1P)Cc1nncn1Cc1ccc(C#N)cc1. The summed E-state index contributed by atoms with van der Waals surface area (Å²) in [6, 6.07) is 19.5. The minimum absolute atomic E-state index is 0.162. The molecule has 0 fully saturated rings. The summed E-state index contributed by atoms with van der Waals surface area (Å²) in [5, 5.41) is 18.1. The predicted octanol–water partition coefficient (Wildman–Crippen LogP) is 4.75. The van der Waals surface area contributed by atoms with Crippen molar-refractivity contribution in [2.45, 2.75) is 26.6 Å². The third-order valence-corrected chi connectivity index (χ3v) is 6.68. The van der Waals surface area contributed by atoms with Crippen LogP contribution in [0.15, 0.2) is 71.5 Å². The number of aryl methyl sites for hydroxylation is 1. The number of halogens is 2. The third kappa shape index (κ3) is 6.00. The zero-order valence-electron chi connectivity index (χ0n) is 18.9. The molecule has 176 valence electrons. The Balaban J connectivity index is 1.65. The fraction of sp³-hybridized carbons (Fsp3) is 0.154. The van der Waals surface area contributed by atoms with Crippen LogP contribution in [0.5, 0.6) is 0 Å². The molecule has 1 unspecified atom stereocenters. The van der Waals surface area contributed by atoms with E-state index in [0.29, 0.717) is 28.8 Å². The second-order valence-corrected chi connectivity index (χ2v) is 9.69. The standard InChI is InChI=1S/C26H22BrFN5OP/c1-17-2-8-21(27)10-23(17)26(34)32(14-20-7-9-22(28)11-24(20)35)15-25-31-30-16-33(25)13-19-5-3-18(12-29)4-6-19/h2-11,16H,13-15,35H2,1H3. The summed E-state index contributed by atoms with van der Waals surface area (Å²) >= 11 is 3.46. The van der Waals surface area contributed by atoms with Gasteiger partial charge in [-0.1, -0.05) is 40.2 Å². The van der Waals surface area contributed by atoms with Crippen molar-refractivity contribution in [3.8, 4) is 6.07 Å². The maximum Gasteiger partial charge on any atom is 0.254 e. The molecule has 9 heteroatoms. The van der Waals surface area contributed by atoms with Crippen LogP contribution in [-0.4, -0.2) is 25.6 Å². The van der Waals surface area contributed by atoms with Gasteiger partial charge < -0.3 is 9.47 Å². The van der Waals surface area contributed by atoms with Crippen LogP contribution in [0.3, 0.4) is 0 Å². The molecule has 4 aromatic rings. The van der Waals surface area contributed by atoms with E-state index < -0.39 is 0 Å². The second-order valence-electron chi connectivity index (χ2n) is 8.15. The highest BCUT2D eigenvalue weighted by atomic mass is 79.9. The maximum atomic E-state index is 13.7. The number of carbonyl (C=O) groups excluding carboxylic acids is 1. The number of hydrogen-bond acceptors (Lipinski definition) is 4. The average molecular weight is 550 g/mol. The van der Waals surface area contributed by atoms with Crippen LogP contribution in [0.4, 0.5) is 4.39 Å². The molecule has 0 aliphatic rings. The van der Waals surface area contributed by atoms with Crippen LogP contribution in [-0.2, 0) is 19.6 Å². The molecule has 4 rings (SSSR count). The highest BCUT2D eigenvalue weighted by Gasteiger charge is 2.22. The van der Waals surface area contributed by atoms with Gasteiger partial charge in [-0.25, -0.2) is 4.39 Å². The summed E-state index contributed by atoms with van der Waals surface area (Å²) in [4.78, 5) is 15.4. The van der Waals surface area contributed by atoms with Crippen molar-refractivity contribution in [3.05, 3.63) is 111 Å². The second kappa shape index (κ2) is 10.9. The molecule has 0 spiro atoms. The van der Waals surface area contributed by atoms with E-state index in [0.717, 1.165) is 21.2 Å². The van der Waals surface area contributed by atoms with E-state index in [-0.39, 0.29) is 24.8 Å². The van der Waals surface area contributed by atoms with Crippen molar-refractivity contribution >= 4 is 36.4 Å². The Morgan fingerprint density at radius 3 is 2.63 bits per heavy atom. The molecule has 0 radical (unpaired) electrons. The minimum Gasteiger partial charge on any atom is -0.327 e. The molecule has 0 saturated heterocycles. The molecule has 0 bridgehead atoms. The zero-order valence-corrected chi connectivity index (χ0v) is 21.7. The largest absolute Gasteiger partial charge is 0.327 e. The lowest BCUT2D eigenvalue weighted by Gasteiger charge is -2.24. The first kappa shape index (κ1) is 24.7. The van der Waals surface area contributed by atoms with Crippen molar-refractivity contribution in [1.82, 2.24) is 19.7 Å². The zero-order chi connectivity index (χ0) is 24.9. The number of amides is 1. The van der Waals surface area contributed by atoms with Crippen LogP contribution < -0.4 is 5.30 Å². The minimum atomic E-state index is -0.332. The Bertz CT molecular complexity index is 1410. The van der Waals surface area contributed by atoms with Gasteiger partial charge >= 0.3 is 0 Å². The lowest BCUT2D eigenvalue weighted by molar-refractivity contribution is 0.0723. The summed E-state index contributed by atoms with van der Waals surface area (Å²) in [6.07, 6.45) is 1.62. The number of nitrogens with zero attached hydrogens (tertiary/aromatic N) is 5. The first-order valence-electron chi connectivity index (χ1n) is 10.8. The van der Waals surface area contributed by atoms with Gasteiger partial charge in [0.2, 0.25) is 0 Å². The van der Waals surface area contributed by atoms with E-state index in [9.17, 15) is 9.18 Å². The highest BCUT2D eigenvalue weighted by molar-refractivity contribution is 9.10. The number of hydrogen-bond donors (Lipinski definition) is 0. The predicted molar refractivity (Wildman–Crippen MR) is 138 cm³/mol. The molecule has 1 atom stereocenters. The van der Waals surface area contributed by atoms with Crippen molar-refractivity contribution in [3.63, 3.8) is 0 Å². The fourth-order valence-corrected chi connectivity index (χ4v) is 4.40. The van der Waals surface area contributed by atoms with E-state index in [4.69, 9.17) is 5.26 Å². The van der Waals surface area contributed by atoms with Gasteiger partial charge in [-0.05, 0) is 65.3 Å². The molecule has 0 N–H and O–H groups in total. The quantitative estimate of drug-likeness (QED) is 0.312. The van der Waals surface area contributed by atoms with Crippen molar-refractivity contribution < 1.29 is 9.18 Å². The Kier molecular flexibility index (Phi) is 7.70. The van der Waals surface area contributed by atoms with Gasteiger partial charge in [0, 0.05) is 16.6 Å². The first-order valence-corrected chi connectivity index (χ1v) is 12.2. The molecule has 0 aliphatic heterocycles. The molecule has 35 heavy (non-hydrogen) atoms. The third-order valence-electron chi connectivity index (χ3n) is 5.65. The van der Waals surface area contributed by atoms with Crippen LogP contribution >= 0.6 is 25.2 Å². The summed E-state index contributed by atoms with van der Waals surface area (Å²) < 4.78 is 16.4. The summed E-state index contributed by atoms with van der Waals surface area (Å²) in [7, 11) is 2.54. The van der Waals surface area contributed by atoms with E-state index in [1.165, 1.54) is 12.1 Å². The maximum absolute atomic E-state index is 13.7. The van der Waals surface area contributed by atoms with Gasteiger partial charge in [0.15, 0.2) is 5.82 Å². The van der Waals surface area contributed by atoms with Crippen LogP contribution in [0, 0.1) is 24.1 Å². The first-order chi connectivity index (χ1) is 16.8. The van der Waals surface area contributed by atoms with Gasteiger partial charge in [-0.3, -0.25) is 4.79 Å². The average Bonchev–Trinajstić information content (AvgIpc) is 3.28. The molecular formula is C26H22BrFN5OP. The Morgan fingerprint density at radius 1 is 1.14 bits per heavy atom. The lowest BCUT2D eigenvalue weighted by atomic mass is 10.1. The smallest absolute Gasteiger partial charge is 0.254 e. The normalized spacial score (nSPS) is 10.7. The van der Waals surface area contributed by atoms with Crippen LogP contribution in [0.2, 0.25) is 0 Å². The van der Waals surface area contributed by atoms with Gasteiger partial charge in [0.1, 0.15) is 12.1 Å². The molecule has 0 saturated carbocycles. The molecule has 1 aromatic heterocycles. The van der Waals surface area contributed by atoms with Crippen molar-refractivity contribution in [2.24, 2.45) is 0 Å². The number of carbonyl (C=O) groups is 1. The fourth-order valence-electron chi connectivity index (χ4n) is 3.70. The van der Waals surface area contributed by atoms with E-state index in [1.54, 1.807) is 35.5 Å². The molecule has 3 aromatic carbocycles. The van der Waals surface area contributed by atoms with E-state index in [1.807, 2.05) is 35.8 Å². The molecule has 1 amide bonds. The van der Waals surface area contributed by atoms with Crippen LogP contribution in [0.1, 0.15) is 38.4 Å². The molecule has 0 aliphatic carbocycles. The Hall–Kier alpha value is -3.40. The highest BCUT2D eigenvalue weighted by Crippen LogP contribution is 2.21. The van der Waals surface area contributed by atoms with Gasteiger partial charge in [0.25, 0.3) is 5.91 Å². The van der Waals surface area contributed by atoms with E-state index >= 15 is 0 Å². The van der Waals surface area contributed by atoms with Crippen molar-refractivity contribution in [2.75, 3.05) is 0 Å². The van der Waals surface area contributed by atoms with Gasteiger partial charge in [0.05, 0.1) is 24.7 Å². The molecule has 6 nitrogen and oxygen atoms in total. The van der Waals surface area contributed by atoms with Crippen molar-refractivity contribution in [1.29, 1.82) is 5.26 Å². The van der Waals surface area contributed by atoms with E-state index in [2.05, 4.69) is 41.4 Å². The van der Waals surface area contributed by atoms with Gasteiger partial charge in [-0.15, -0.1) is 19.4 Å². The topological polar surface area (TPSA) is 74.8 Å². The lowest BCUT2D eigenvalue weighted by Crippen LogP contribution is -2.33. The number of rotatable bonds is 7. The molecular weight excluding hydrogens is 528 g/mol. The van der Waals surface area contributed by atoms with Gasteiger partial charge in [-0.2, -0.15) is 5.26 Å². The number of nitriles is 1. The summed E-state index contributed by atoms with van der Waals surface area (Å²) in [5.74, 6) is 0.120. The molecule has 1 heterocycles. The monoisotopic (exact) mass is 549 g/mol. The summed E-state index contributed by atoms with van der Waals surface area (Å²) in [5.41, 5.74) is 3.82.